The Morgan fingerprint density at radius 1 is 1.21 bits per heavy atom. The quantitative estimate of drug-likeness (QED) is 0.822. The first kappa shape index (κ1) is 14.4. The molecule has 0 atom stereocenters. The number of aryl methyl sites for hydroxylation is 1. The summed E-state index contributed by atoms with van der Waals surface area (Å²) in [6, 6.07) is 6.82. The van der Waals surface area contributed by atoms with Crippen LogP contribution in [0.4, 0.5) is 11.4 Å². The summed E-state index contributed by atoms with van der Waals surface area (Å²) in [4.78, 5) is 0. The fourth-order valence-corrected chi connectivity index (χ4v) is 4.76. The van der Waals surface area contributed by atoms with E-state index in [-0.39, 0.29) is 4.21 Å². The van der Waals surface area contributed by atoms with E-state index in [1.54, 1.807) is 18.2 Å². The van der Waals surface area contributed by atoms with Crippen LogP contribution >= 0.6 is 27.3 Å². The summed E-state index contributed by atoms with van der Waals surface area (Å²) in [7, 11) is -3.60. The highest BCUT2D eigenvalue weighted by molar-refractivity contribution is 9.11. The van der Waals surface area contributed by atoms with Gasteiger partial charge in [-0.3, -0.25) is 4.72 Å². The van der Waals surface area contributed by atoms with Gasteiger partial charge in [0.25, 0.3) is 10.0 Å². The molecule has 0 amide bonds. The third-order valence-corrected chi connectivity index (χ3v) is 6.28. The number of hydrogen-bond donors (Lipinski definition) is 2. The van der Waals surface area contributed by atoms with Crippen molar-refractivity contribution in [1.82, 2.24) is 0 Å². The average Bonchev–Trinajstić information content (AvgIpc) is 2.77. The van der Waals surface area contributed by atoms with Gasteiger partial charge in [-0.2, -0.15) is 0 Å². The van der Waals surface area contributed by atoms with Gasteiger partial charge in [0.1, 0.15) is 4.21 Å². The topological polar surface area (TPSA) is 72.2 Å². The molecule has 3 N–H and O–H groups in total. The number of nitrogen functional groups attached to an aromatic ring is 1. The number of rotatable bonds is 3. The molecule has 0 radical (unpaired) electrons. The van der Waals surface area contributed by atoms with Gasteiger partial charge in [-0.15, -0.1) is 11.3 Å². The molecule has 0 bridgehead atoms. The monoisotopic (exact) mass is 360 g/mol. The Balaban J connectivity index is 2.44. The Hall–Kier alpha value is -1.05. The zero-order chi connectivity index (χ0) is 14.2. The van der Waals surface area contributed by atoms with Crippen molar-refractivity contribution in [2.45, 2.75) is 18.1 Å². The van der Waals surface area contributed by atoms with Crippen LogP contribution in [0, 0.1) is 13.8 Å². The van der Waals surface area contributed by atoms with Crippen molar-refractivity contribution in [3.63, 3.8) is 0 Å². The molecule has 2 aromatic rings. The Morgan fingerprint density at radius 3 is 2.47 bits per heavy atom. The molecule has 4 nitrogen and oxygen atoms in total. The van der Waals surface area contributed by atoms with Crippen molar-refractivity contribution in [1.29, 1.82) is 0 Å². The zero-order valence-electron chi connectivity index (χ0n) is 10.4. The minimum Gasteiger partial charge on any atom is -0.397 e. The Labute approximate surface area is 124 Å². The molecule has 7 heteroatoms. The number of halogens is 1. The summed E-state index contributed by atoms with van der Waals surface area (Å²) in [5.41, 5.74) is 8.53. The molecule has 0 unspecified atom stereocenters. The van der Waals surface area contributed by atoms with Crippen LogP contribution in [0.2, 0.25) is 0 Å². The van der Waals surface area contributed by atoms with Gasteiger partial charge >= 0.3 is 0 Å². The van der Waals surface area contributed by atoms with Crippen LogP contribution in [0.5, 0.6) is 0 Å². The second-order valence-electron chi connectivity index (χ2n) is 4.14. The first-order valence-electron chi connectivity index (χ1n) is 5.45. The lowest BCUT2D eigenvalue weighted by molar-refractivity contribution is 0.603. The van der Waals surface area contributed by atoms with Crippen molar-refractivity contribution < 1.29 is 8.42 Å². The number of sulfonamides is 1. The van der Waals surface area contributed by atoms with Crippen molar-refractivity contribution in [2.75, 3.05) is 10.5 Å². The molecule has 2 rings (SSSR count). The van der Waals surface area contributed by atoms with Crippen molar-refractivity contribution >= 4 is 48.7 Å². The molecule has 1 heterocycles. The van der Waals surface area contributed by atoms with Crippen LogP contribution in [0.3, 0.4) is 0 Å². The van der Waals surface area contributed by atoms with Gasteiger partial charge < -0.3 is 5.73 Å². The lowest BCUT2D eigenvalue weighted by Crippen LogP contribution is -2.14. The van der Waals surface area contributed by atoms with Crippen LogP contribution in [-0.4, -0.2) is 8.42 Å². The number of thiophene rings is 1. The van der Waals surface area contributed by atoms with Crippen LogP contribution in [-0.2, 0) is 10.0 Å². The fraction of sp³-hybridized carbons (Fsp3) is 0.167. The van der Waals surface area contributed by atoms with Crippen molar-refractivity contribution in [3.05, 3.63) is 39.2 Å². The van der Waals surface area contributed by atoms with E-state index in [4.69, 9.17) is 5.73 Å². The Bertz CT molecular complexity index is 723. The molecule has 19 heavy (non-hydrogen) atoms. The summed E-state index contributed by atoms with van der Waals surface area (Å²) in [5.74, 6) is 0. The molecular weight excluding hydrogens is 348 g/mol. The summed E-state index contributed by atoms with van der Waals surface area (Å²) >= 11 is 4.41. The van der Waals surface area contributed by atoms with Gasteiger partial charge in [0, 0.05) is 0 Å². The molecule has 102 valence electrons. The molecule has 0 fully saturated rings. The highest BCUT2D eigenvalue weighted by Crippen LogP contribution is 2.31. The summed E-state index contributed by atoms with van der Waals surface area (Å²) < 4.78 is 28.1. The van der Waals surface area contributed by atoms with Gasteiger partial charge in [-0.1, -0.05) is 6.07 Å². The van der Waals surface area contributed by atoms with E-state index in [1.165, 1.54) is 0 Å². The summed E-state index contributed by atoms with van der Waals surface area (Å²) in [6.07, 6.45) is 0. The first-order valence-corrected chi connectivity index (χ1v) is 8.54. The number of benzene rings is 1. The Kier molecular flexibility index (Phi) is 3.89. The van der Waals surface area contributed by atoms with Crippen LogP contribution < -0.4 is 10.5 Å². The fourth-order valence-electron chi connectivity index (χ4n) is 1.60. The van der Waals surface area contributed by atoms with E-state index in [0.29, 0.717) is 11.4 Å². The number of anilines is 2. The summed E-state index contributed by atoms with van der Waals surface area (Å²) in [5, 5.41) is 0. The minimum atomic E-state index is -3.60. The third kappa shape index (κ3) is 2.93. The van der Waals surface area contributed by atoms with Gasteiger partial charge in [0.05, 0.1) is 15.2 Å². The summed E-state index contributed by atoms with van der Waals surface area (Å²) in [6.45, 7) is 3.75. The second-order valence-corrected chi connectivity index (χ2v) is 8.51. The van der Waals surface area contributed by atoms with Gasteiger partial charge in [0.2, 0.25) is 0 Å². The van der Waals surface area contributed by atoms with Gasteiger partial charge in [-0.25, -0.2) is 8.42 Å². The molecule has 0 saturated heterocycles. The maximum Gasteiger partial charge on any atom is 0.271 e. The molecule has 0 saturated carbocycles. The number of hydrogen-bond acceptors (Lipinski definition) is 4. The Morgan fingerprint density at radius 2 is 1.89 bits per heavy atom. The lowest BCUT2D eigenvalue weighted by Gasteiger charge is -2.13. The van der Waals surface area contributed by atoms with Crippen molar-refractivity contribution in [2.24, 2.45) is 0 Å². The zero-order valence-corrected chi connectivity index (χ0v) is 13.6. The van der Waals surface area contributed by atoms with Crippen LogP contribution in [0.1, 0.15) is 11.1 Å². The van der Waals surface area contributed by atoms with Crippen LogP contribution in [0.25, 0.3) is 0 Å². The number of nitrogens with two attached hydrogens (primary N) is 1. The predicted octanol–water partition coefficient (Wildman–Crippen LogP) is 3.51. The predicted molar refractivity (Wildman–Crippen MR) is 83.2 cm³/mol. The highest BCUT2D eigenvalue weighted by atomic mass is 79.9. The van der Waals surface area contributed by atoms with E-state index in [0.717, 1.165) is 26.3 Å². The minimum absolute atomic E-state index is 0.250. The molecular formula is C12H13BrN2O2S2. The normalized spacial score (nSPS) is 11.5. The maximum absolute atomic E-state index is 12.3. The van der Waals surface area contributed by atoms with E-state index < -0.39 is 10.0 Å². The van der Waals surface area contributed by atoms with Crippen molar-refractivity contribution in [3.8, 4) is 0 Å². The van der Waals surface area contributed by atoms with Gasteiger partial charge in [-0.05, 0) is 59.1 Å². The second kappa shape index (κ2) is 5.15. The number of nitrogens with one attached hydrogen (secondary N) is 1. The molecule has 1 aromatic heterocycles. The maximum atomic E-state index is 12.3. The van der Waals surface area contributed by atoms with E-state index in [2.05, 4.69) is 20.7 Å². The van der Waals surface area contributed by atoms with E-state index in [1.807, 2.05) is 19.9 Å². The van der Waals surface area contributed by atoms with E-state index >= 15 is 0 Å². The van der Waals surface area contributed by atoms with E-state index in [9.17, 15) is 8.42 Å². The molecule has 1 aromatic carbocycles. The third-order valence-electron chi connectivity index (χ3n) is 2.82. The largest absolute Gasteiger partial charge is 0.397 e. The molecule has 0 aliphatic carbocycles. The molecule has 0 spiro atoms. The standard InChI is InChI=1S/C12H13BrN2O2S2/c1-7-3-4-9(14)12(8(7)2)15-19(16,17)11-6-5-10(13)18-11/h3-6,15H,14H2,1-2H3. The average molecular weight is 361 g/mol. The molecule has 0 aliphatic rings. The smallest absolute Gasteiger partial charge is 0.271 e. The van der Waals surface area contributed by atoms with Gasteiger partial charge in [0.15, 0.2) is 0 Å². The lowest BCUT2D eigenvalue weighted by atomic mass is 10.1. The molecule has 0 aliphatic heterocycles. The SMILES string of the molecule is Cc1ccc(N)c(NS(=O)(=O)c2ccc(Br)s2)c1C. The van der Waals surface area contributed by atoms with Crippen LogP contribution in [0.15, 0.2) is 32.3 Å². The highest BCUT2D eigenvalue weighted by Gasteiger charge is 2.19. The first-order chi connectivity index (χ1) is 8.81.